The Balaban J connectivity index is 1.71. The summed E-state index contributed by atoms with van der Waals surface area (Å²) in [7, 11) is 0. The molecular formula is C13H19BF3N2-. The molecular weight excluding hydrogens is 252 g/mol. The highest BCUT2D eigenvalue weighted by molar-refractivity contribution is 6.58. The van der Waals surface area contributed by atoms with Crippen molar-refractivity contribution in [3.8, 4) is 0 Å². The SMILES string of the molecule is F[B-](F)(F)CNC1CCN(Cc2ccccc2)CC1. The van der Waals surface area contributed by atoms with Gasteiger partial charge >= 0.3 is 6.98 Å². The predicted molar refractivity (Wildman–Crippen MR) is 71.8 cm³/mol. The van der Waals surface area contributed by atoms with Crippen molar-refractivity contribution in [2.24, 2.45) is 0 Å². The normalized spacial score (nSPS) is 18.7. The number of nitrogens with zero attached hydrogens (tertiary/aromatic N) is 1. The molecule has 0 atom stereocenters. The Hall–Kier alpha value is -1.01. The highest BCUT2D eigenvalue weighted by atomic mass is 19.4. The van der Waals surface area contributed by atoms with Crippen molar-refractivity contribution < 1.29 is 12.9 Å². The summed E-state index contributed by atoms with van der Waals surface area (Å²) in [6, 6.07) is 10.2. The number of likely N-dealkylation sites (tertiary alicyclic amines) is 1. The van der Waals surface area contributed by atoms with E-state index in [2.05, 4.69) is 22.3 Å². The van der Waals surface area contributed by atoms with Gasteiger partial charge in [-0.2, -0.15) is 0 Å². The van der Waals surface area contributed by atoms with Crippen LogP contribution in [0.2, 0.25) is 0 Å². The van der Waals surface area contributed by atoms with Crippen LogP contribution in [0.3, 0.4) is 0 Å². The molecule has 1 N–H and O–H groups in total. The molecule has 0 aliphatic carbocycles. The van der Waals surface area contributed by atoms with Gasteiger partial charge in [0.15, 0.2) is 0 Å². The smallest absolute Gasteiger partial charge is 0.448 e. The first kappa shape index (κ1) is 14.4. The lowest BCUT2D eigenvalue weighted by molar-refractivity contribution is 0.192. The van der Waals surface area contributed by atoms with Gasteiger partial charge in [0.05, 0.1) is 0 Å². The summed E-state index contributed by atoms with van der Waals surface area (Å²) in [5.41, 5.74) is 1.26. The molecule has 0 amide bonds. The molecule has 0 saturated carbocycles. The average molecular weight is 271 g/mol. The van der Waals surface area contributed by atoms with Gasteiger partial charge in [-0.3, -0.25) is 4.90 Å². The molecule has 0 radical (unpaired) electrons. The summed E-state index contributed by atoms with van der Waals surface area (Å²) in [6.07, 6.45) is 0.765. The van der Waals surface area contributed by atoms with Gasteiger partial charge in [0.2, 0.25) is 0 Å². The Labute approximate surface area is 112 Å². The van der Waals surface area contributed by atoms with Crippen LogP contribution in [0.4, 0.5) is 12.9 Å². The number of hydrogen-bond donors (Lipinski definition) is 1. The molecule has 1 aliphatic rings. The lowest BCUT2D eigenvalue weighted by atomic mass is 9.91. The topological polar surface area (TPSA) is 15.3 Å². The molecule has 2 rings (SSSR count). The maximum Gasteiger partial charge on any atom is 0.491 e. The number of halogens is 3. The van der Waals surface area contributed by atoms with Gasteiger partial charge in [-0.15, -0.1) is 0 Å². The van der Waals surface area contributed by atoms with Crippen LogP contribution in [0.25, 0.3) is 0 Å². The largest absolute Gasteiger partial charge is 0.491 e. The van der Waals surface area contributed by atoms with E-state index in [4.69, 9.17) is 0 Å². The van der Waals surface area contributed by atoms with Crippen LogP contribution < -0.4 is 5.32 Å². The Bertz CT molecular complexity index is 375. The number of hydrogen-bond acceptors (Lipinski definition) is 2. The second-order valence-corrected chi connectivity index (χ2v) is 5.15. The quantitative estimate of drug-likeness (QED) is 0.828. The van der Waals surface area contributed by atoms with E-state index in [1.807, 2.05) is 18.2 Å². The molecule has 19 heavy (non-hydrogen) atoms. The van der Waals surface area contributed by atoms with Crippen LogP contribution in [0, 0.1) is 0 Å². The van der Waals surface area contributed by atoms with Gasteiger partial charge in [0, 0.05) is 12.6 Å². The van der Waals surface area contributed by atoms with Gasteiger partial charge in [-0.05, 0) is 37.9 Å². The van der Waals surface area contributed by atoms with Gasteiger partial charge in [0.25, 0.3) is 0 Å². The van der Waals surface area contributed by atoms with Crippen LogP contribution in [0.15, 0.2) is 30.3 Å². The van der Waals surface area contributed by atoms with E-state index in [-0.39, 0.29) is 6.04 Å². The van der Waals surface area contributed by atoms with Gasteiger partial charge in [-0.1, -0.05) is 30.3 Å². The highest BCUT2D eigenvalue weighted by Crippen LogP contribution is 2.15. The number of piperidine rings is 1. The lowest BCUT2D eigenvalue weighted by Crippen LogP contribution is -2.46. The van der Waals surface area contributed by atoms with Gasteiger partial charge < -0.3 is 18.3 Å². The first-order chi connectivity index (χ1) is 9.03. The van der Waals surface area contributed by atoms with Crippen molar-refractivity contribution >= 4 is 6.98 Å². The molecule has 1 fully saturated rings. The number of nitrogens with one attached hydrogen (secondary N) is 1. The van der Waals surface area contributed by atoms with Crippen molar-refractivity contribution in [2.75, 3.05) is 19.5 Å². The molecule has 1 aromatic carbocycles. The highest BCUT2D eigenvalue weighted by Gasteiger charge is 2.25. The predicted octanol–water partition coefficient (Wildman–Crippen LogP) is 2.63. The first-order valence-corrected chi connectivity index (χ1v) is 6.73. The second kappa shape index (κ2) is 6.43. The van der Waals surface area contributed by atoms with Crippen LogP contribution in [0.1, 0.15) is 18.4 Å². The van der Waals surface area contributed by atoms with E-state index in [0.717, 1.165) is 32.5 Å². The van der Waals surface area contributed by atoms with Crippen LogP contribution >= 0.6 is 0 Å². The Kier molecular flexibility index (Phi) is 4.88. The van der Waals surface area contributed by atoms with Crippen molar-refractivity contribution in [1.29, 1.82) is 0 Å². The third-order valence-electron chi connectivity index (χ3n) is 3.47. The van der Waals surface area contributed by atoms with E-state index >= 15 is 0 Å². The molecule has 1 heterocycles. The zero-order chi connectivity index (χ0) is 13.7. The molecule has 106 valence electrons. The Morgan fingerprint density at radius 2 is 1.74 bits per heavy atom. The lowest BCUT2D eigenvalue weighted by Gasteiger charge is -2.33. The van der Waals surface area contributed by atoms with Gasteiger partial charge in [0.1, 0.15) is 0 Å². The van der Waals surface area contributed by atoms with E-state index < -0.39 is 13.4 Å². The first-order valence-electron chi connectivity index (χ1n) is 6.73. The maximum absolute atomic E-state index is 12.2. The minimum absolute atomic E-state index is 0.00974. The Morgan fingerprint density at radius 1 is 1.11 bits per heavy atom. The zero-order valence-corrected chi connectivity index (χ0v) is 10.9. The molecule has 1 saturated heterocycles. The van der Waals surface area contributed by atoms with Crippen molar-refractivity contribution in [2.45, 2.75) is 25.4 Å². The van der Waals surface area contributed by atoms with Gasteiger partial charge in [-0.25, -0.2) is 0 Å². The molecule has 6 heteroatoms. The van der Waals surface area contributed by atoms with Crippen molar-refractivity contribution in [3.05, 3.63) is 35.9 Å². The van der Waals surface area contributed by atoms with Crippen LogP contribution in [0.5, 0.6) is 0 Å². The molecule has 0 aromatic heterocycles. The monoisotopic (exact) mass is 271 g/mol. The third-order valence-corrected chi connectivity index (χ3v) is 3.47. The fourth-order valence-corrected chi connectivity index (χ4v) is 2.44. The van der Waals surface area contributed by atoms with Crippen LogP contribution in [-0.4, -0.2) is 37.5 Å². The summed E-state index contributed by atoms with van der Waals surface area (Å²) in [6.45, 7) is -2.11. The molecule has 1 aliphatic heterocycles. The standard InChI is InChI=1S/C13H19BF3N2/c15-14(16,17)11-18-13-6-8-19(9-7-13)10-12-4-2-1-3-5-12/h1-5,13,18H,6-11H2/q-1. The second-order valence-electron chi connectivity index (χ2n) is 5.15. The van der Waals surface area contributed by atoms with E-state index in [0.29, 0.717) is 0 Å². The van der Waals surface area contributed by atoms with Crippen molar-refractivity contribution in [3.63, 3.8) is 0 Å². The van der Waals surface area contributed by atoms with Crippen molar-refractivity contribution in [1.82, 2.24) is 10.2 Å². The third kappa shape index (κ3) is 5.24. The number of benzene rings is 1. The molecule has 2 nitrogen and oxygen atoms in total. The minimum atomic E-state index is -4.71. The summed E-state index contributed by atoms with van der Waals surface area (Å²) < 4.78 is 36.5. The summed E-state index contributed by atoms with van der Waals surface area (Å²) in [4.78, 5) is 2.30. The molecule has 0 spiro atoms. The summed E-state index contributed by atoms with van der Waals surface area (Å²) >= 11 is 0. The zero-order valence-electron chi connectivity index (χ0n) is 10.9. The van der Waals surface area contributed by atoms with E-state index in [1.54, 1.807) is 0 Å². The fraction of sp³-hybridized carbons (Fsp3) is 0.538. The summed E-state index contributed by atoms with van der Waals surface area (Å²) in [5, 5.41) is 2.62. The van der Waals surface area contributed by atoms with Crippen LogP contribution in [-0.2, 0) is 6.54 Å². The van der Waals surface area contributed by atoms with E-state index in [9.17, 15) is 12.9 Å². The Morgan fingerprint density at radius 3 is 2.32 bits per heavy atom. The minimum Gasteiger partial charge on any atom is -0.448 e. The fourth-order valence-electron chi connectivity index (χ4n) is 2.44. The average Bonchev–Trinajstić information content (AvgIpc) is 2.38. The summed E-state index contributed by atoms with van der Waals surface area (Å²) in [5.74, 6) is 0. The number of rotatable bonds is 5. The van der Waals surface area contributed by atoms with E-state index in [1.165, 1.54) is 5.56 Å². The molecule has 0 unspecified atom stereocenters. The maximum atomic E-state index is 12.2. The molecule has 0 bridgehead atoms. The molecule has 1 aromatic rings.